The fourth-order valence-electron chi connectivity index (χ4n) is 1.58. The summed E-state index contributed by atoms with van der Waals surface area (Å²) in [5.41, 5.74) is 0.987. The summed E-state index contributed by atoms with van der Waals surface area (Å²) in [4.78, 5) is 10.8. The van der Waals surface area contributed by atoms with Crippen LogP contribution in [0.2, 0.25) is 0 Å². The van der Waals surface area contributed by atoms with Gasteiger partial charge in [-0.15, -0.1) is 0 Å². The highest BCUT2D eigenvalue weighted by molar-refractivity contribution is 9.09. The lowest BCUT2D eigenvalue weighted by Gasteiger charge is -2.25. The topological polar surface area (TPSA) is 29.0 Å². The number of anilines is 1. The molecule has 1 aromatic carbocycles. The predicted octanol–water partition coefficient (Wildman–Crippen LogP) is 2.85. The lowest BCUT2D eigenvalue weighted by molar-refractivity contribution is 0.759. The Morgan fingerprint density at radius 3 is 2.81 bits per heavy atom. The second-order valence-electron chi connectivity index (χ2n) is 3.83. The van der Waals surface area contributed by atoms with Crippen molar-refractivity contribution in [3.63, 3.8) is 0 Å². The number of aromatic nitrogens is 2. The summed E-state index contributed by atoms with van der Waals surface area (Å²) < 4.78 is 0. The fourth-order valence-corrected chi connectivity index (χ4v) is 2.02. The van der Waals surface area contributed by atoms with Gasteiger partial charge in [-0.25, -0.2) is 9.97 Å². The molecule has 4 heteroatoms. The van der Waals surface area contributed by atoms with Gasteiger partial charge in [-0.1, -0.05) is 28.1 Å². The molecule has 1 unspecified atom stereocenters. The quantitative estimate of drug-likeness (QED) is 0.809. The van der Waals surface area contributed by atoms with Crippen molar-refractivity contribution in [2.24, 2.45) is 0 Å². The molecular weight excluding hydrogens is 266 g/mol. The lowest BCUT2D eigenvalue weighted by atomic mass is 10.2. The van der Waals surface area contributed by atoms with E-state index in [4.69, 9.17) is 0 Å². The third-order valence-electron chi connectivity index (χ3n) is 2.74. The molecule has 0 aliphatic carbocycles. The molecule has 1 aromatic heterocycles. The summed E-state index contributed by atoms with van der Waals surface area (Å²) in [5.74, 6) is 0.984. The van der Waals surface area contributed by atoms with Crippen LogP contribution in [0, 0.1) is 0 Å². The molecule has 0 amide bonds. The smallest absolute Gasteiger partial charge is 0.139 e. The van der Waals surface area contributed by atoms with Crippen molar-refractivity contribution < 1.29 is 0 Å². The van der Waals surface area contributed by atoms with Crippen molar-refractivity contribution in [2.75, 3.05) is 17.3 Å². The maximum atomic E-state index is 4.37. The van der Waals surface area contributed by atoms with Gasteiger partial charge in [0, 0.05) is 23.8 Å². The number of halogens is 1. The fraction of sp³-hybridized carbons (Fsp3) is 0.333. The molecular formula is C12H14BrN3. The zero-order valence-electron chi connectivity index (χ0n) is 9.39. The van der Waals surface area contributed by atoms with Crippen LogP contribution >= 0.6 is 15.9 Å². The Labute approximate surface area is 104 Å². The van der Waals surface area contributed by atoms with Crippen LogP contribution in [0.25, 0.3) is 10.9 Å². The number of hydrogen-bond donors (Lipinski definition) is 0. The molecule has 1 heterocycles. The van der Waals surface area contributed by atoms with E-state index in [1.165, 1.54) is 0 Å². The molecule has 3 nitrogen and oxygen atoms in total. The Morgan fingerprint density at radius 2 is 2.06 bits per heavy atom. The Hall–Kier alpha value is -1.16. The number of hydrogen-bond acceptors (Lipinski definition) is 3. The van der Waals surface area contributed by atoms with E-state index in [1.807, 2.05) is 18.2 Å². The van der Waals surface area contributed by atoms with Gasteiger partial charge < -0.3 is 4.90 Å². The second-order valence-corrected chi connectivity index (χ2v) is 4.48. The van der Waals surface area contributed by atoms with Crippen molar-refractivity contribution in [2.45, 2.75) is 13.0 Å². The maximum Gasteiger partial charge on any atom is 0.139 e. The molecule has 0 saturated carbocycles. The molecule has 84 valence electrons. The minimum Gasteiger partial charge on any atom is -0.356 e. The zero-order chi connectivity index (χ0) is 11.5. The largest absolute Gasteiger partial charge is 0.356 e. The third kappa shape index (κ3) is 2.02. The van der Waals surface area contributed by atoms with Crippen molar-refractivity contribution >= 4 is 32.7 Å². The number of fused-ring (bicyclic) bond motifs is 1. The van der Waals surface area contributed by atoms with Crippen molar-refractivity contribution in [3.05, 3.63) is 30.6 Å². The summed E-state index contributed by atoms with van der Waals surface area (Å²) in [7, 11) is 2.06. The minimum atomic E-state index is 0.401. The Morgan fingerprint density at radius 1 is 1.31 bits per heavy atom. The van der Waals surface area contributed by atoms with Crippen LogP contribution in [0.15, 0.2) is 30.6 Å². The molecule has 0 aliphatic heterocycles. The average Bonchev–Trinajstić information content (AvgIpc) is 2.36. The summed E-state index contributed by atoms with van der Waals surface area (Å²) in [5, 5.41) is 2.02. The van der Waals surface area contributed by atoms with Crippen LogP contribution in [0.3, 0.4) is 0 Å². The van der Waals surface area contributed by atoms with Gasteiger partial charge in [0.1, 0.15) is 12.1 Å². The van der Waals surface area contributed by atoms with Crippen LogP contribution in [0.1, 0.15) is 6.92 Å². The molecule has 0 radical (unpaired) electrons. The molecule has 0 saturated heterocycles. The second kappa shape index (κ2) is 4.78. The maximum absolute atomic E-state index is 4.37. The number of nitrogens with zero attached hydrogens (tertiary/aromatic N) is 3. The van der Waals surface area contributed by atoms with Crippen LogP contribution in [0.4, 0.5) is 5.82 Å². The van der Waals surface area contributed by atoms with E-state index < -0.39 is 0 Å². The van der Waals surface area contributed by atoms with E-state index in [2.05, 4.69) is 50.8 Å². The first-order valence-electron chi connectivity index (χ1n) is 5.22. The Kier molecular flexibility index (Phi) is 3.39. The molecule has 0 aliphatic rings. The highest BCUT2D eigenvalue weighted by Gasteiger charge is 2.12. The number of para-hydroxylation sites is 1. The number of rotatable bonds is 3. The van der Waals surface area contributed by atoms with Crippen molar-refractivity contribution in [3.8, 4) is 0 Å². The van der Waals surface area contributed by atoms with E-state index in [9.17, 15) is 0 Å². The molecule has 0 spiro atoms. The zero-order valence-corrected chi connectivity index (χ0v) is 11.0. The SMILES string of the molecule is CC(CBr)N(C)c1ncnc2ccccc12. The van der Waals surface area contributed by atoms with Gasteiger partial charge >= 0.3 is 0 Å². The molecule has 0 fully saturated rings. The van der Waals surface area contributed by atoms with Gasteiger partial charge in [-0.2, -0.15) is 0 Å². The minimum absolute atomic E-state index is 0.401. The molecule has 16 heavy (non-hydrogen) atoms. The summed E-state index contributed by atoms with van der Waals surface area (Å²) >= 11 is 3.49. The van der Waals surface area contributed by atoms with Crippen LogP contribution in [-0.4, -0.2) is 28.4 Å². The molecule has 0 N–H and O–H groups in total. The van der Waals surface area contributed by atoms with Crippen LogP contribution in [0.5, 0.6) is 0 Å². The van der Waals surface area contributed by atoms with E-state index in [1.54, 1.807) is 6.33 Å². The predicted molar refractivity (Wildman–Crippen MR) is 71.2 cm³/mol. The van der Waals surface area contributed by atoms with E-state index in [-0.39, 0.29) is 0 Å². The highest BCUT2D eigenvalue weighted by atomic mass is 79.9. The van der Waals surface area contributed by atoms with Gasteiger partial charge in [0.25, 0.3) is 0 Å². The van der Waals surface area contributed by atoms with Gasteiger partial charge in [-0.05, 0) is 19.1 Å². The molecule has 0 bridgehead atoms. The third-order valence-corrected chi connectivity index (χ3v) is 3.68. The number of alkyl halides is 1. The van der Waals surface area contributed by atoms with Gasteiger partial charge in [0.15, 0.2) is 0 Å². The van der Waals surface area contributed by atoms with Crippen LogP contribution in [-0.2, 0) is 0 Å². The summed E-state index contributed by atoms with van der Waals surface area (Å²) in [6.07, 6.45) is 1.62. The molecule has 2 rings (SSSR count). The van der Waals surface area contributed by atoms with E-state index in [0.717, 1.165) is 22.1 Å². The number of benzene rings is 1. The first-order chi connectivity index (χ1) is 7.74. The lowest BCUT2D eigenvalue weighted by Crippen LogP contribution is -2.30. The van der Waals surface area contributed by atoms with E-state index in [0.29, 0.717) is 6.04 Å². The van der Waals surface area contributed by atoms with Gasteiger partial charge in [0.05, 0.1) is 5.52 Å². The summed E-state index contributed by atoms with van der Waals surface area (Å²) in [6, 6.07) is 8.47. The van der Waals surface area contributed by atoms with Gasteiger partial charge in [0.2, 0.25) is 0 Å². The Balaban J connectivity index is 2.52. The Bertz CT molecular complexity index is 481. The standard InChI is InChI=1S/C12H14BrN3/c1-9(7-13)16(2)12-10-5-3-4-6-11(10)14-8-15-12/h3-6,8-9H,7H2,1-2H3. The average molecular weight is 280 g/mol. The van der Waals surface area contributed by atoms with Crippen LogP contribution < -0.4 is 4.90 Å². The first kappa shape index (κ1) is 11.3. The monoisotopic (exact) mass is 279 g/mol. The van der Waals surface area contributed by atoms with Gasteiger partial charge in [-0.3, -0.25) is 0 Å². The summed E-state index contributed by atoms with van der Waals surface area (Å²) in [6.45, 7) is 2.16. The van der Waals surface area contributed by atoms with Crippen molar-refractivity contribution in [1.29, 1.82) is 0 Å². The highest BCUT2D eigenvalue weighted by Crippen LogP contribution is 2.23. The normalized spacial score (nSPS) is 12.7. The molecule has 2 aromatic rings. The first-order valence-corrected chi connectivity index (χ1v) is 6.34. The van der Waals surface area contributed by atoms with Crippen molar-refractivity contribution in [1.82, 2.24) is 9.97 Å². The van der Waals surface area contributed by atoms with E-state index >= 15 is 0 Å². The molecule has 1 atom stereocenters.